The summed E-state index contributed by atoms with van der Waals surface area (Å²) in [6.07, 6.45) is 4.80. The molecule has 1 saturated carbocycles. The SMILES string of the molecule is C[C@@H](Oc1ccc(S(=O)(=O)Nc2ccc(Cl)c(Cl)c2)cc1)C(=O)NC1CCCCC1. The average molecular weight is 471 g/mol. The van der Waals surface area contributed by atoms with E-state index in [1.165, 1.54) is 48.9 Å². The number of anilines is 1. The van der Waals surface area contributed by atoms with Gasteiger partial charge in [0.2, 0.25) is 0 Å². The summed E-state index contributed by atoms with van der Waals surface area (Å²) in [7, 11) is -3.81. The predicted octanol–water partition coefficient (Wildman–Crippen LogP) is 5.01. The monoisotopic (exact) mass is 470 g/mol. The van der Waals surface area contributed by atoms with Gasteiger partial charge in [-0.25, -0.2) is 8.42 Å². The molecule has 2 aromatic rings. The van der Waals surface area contributed by atoms with Crippen molar-refractivity contribution in [1.82, 2.24) is 5.32 Å². The number of halogens is 2. The Morgan fingerprint density at radius 1 is 1.03 bits per heavy atom. The summed E-state index contributed by atoms with van der Waals surface area (Å²) in [5, 5.41) is 3.61. The van der Waals surface area contributed by atoms with Crippen molar-refractivity contribution in [3.63, 3.8) is 0 Å². The van der Waals surface area contributed by atoms with Crippen molar-refractivity contribution in [2.45, 2.75) is 56.1 Å². The third-order valence-corrected chi connectivity index (χ3v) is 7.08. The van der Waals surface area contributed by atoms with Gasteiger partial charge in [-0.2, -0.15) is 0 Å². The minimum absolute atomic E-state index is 0.0558. The number of sulfonamides is 1. The molecule has 1 amide bonds. The van der Waals surface area contributed by atoms with Crippen LogP contribution in [0.4, 0.5) is 5.69 Å². The fraction of sp³-hybridized carbons (Fsp3) is 0.381. The van der Waals surface area contributed by atoms with Crippen LogP contribution < -0.4 is 14.8 Å². The van der Waals surface area contributed by atoms with Gasteiger partial charge in [-0.15, -0.1) is 0 Å². The van der Waals surface area contributed by atoms with E-state index in [0.717, 1.165) is 25.7 Å². The molecule has 2 N–H and O–H groups in total. The van der Waals surface area contributed by atoms with Gasteiger partial charge in [0.25, 0.3) is 15.9 Å². The van der Waals surface area contributed by atoms with Gasteiger partial charge >= 0.3 is 0 Å². The van der Waals surface area contributed by atoms with Crippen molar-refractivity contribution in [3.05, 3.63) is 52.5 Å². The van der Waals surface area contributed by atoms with Gasteiger partial charge in [-0.05, 0) is 62.2 Å². The van der Waals surface area contributed by atoms with Crippen molar-refractivity contribution in [3.8, 4) is 5.75 Å². The smallest absolute Gasteiger partial charge is 0.261 e. The van der Waals surface area contributed by atoms with Crippen molar-refractivity contribution in [1.29, 1.82) is 0 Å². The third kappa shape index (κ3) is 6.03. The molecule has 0 radical (unpaired) electrons. The molecule has 1 fully saturated rings. The van der Waals surface area contributed by atoms with E-state index in [1.807, 2.05) is 0 Å². The van der Waals surface area contributed by atoms with E-state index in [-0.39, 0.29) is 21.9 Å². The highest BCUT2D eigenvalue weighted by molar-refractivity contribution is 7.92. The molecule has 30 heavy (non-hydrogen) atoms. The van der Waals surface area contributed by atoms with E-state index in [0.29, 0.717) is 16.5 Å². The average Bonchev–Trinajstić information content (AvgIpc) is 2.71. The number of ether oxygens (including phenoxy) is 1. The van der Waals surface area contributed by atoms with Gasteiger partial charge in [-0.1, -0.05) is 42.5 Å². The van der Waals surface area contributed by atoms with E-state index < -0.39 is 16.1 Å². The zero-order chi connectivity index (χ0) is 21.7. The van der Waals surface area contributed by atoms with Gasteiger partial charge in [0.05, 0.1) is 20.6 Å². The second-order valence-electron chi connectivity index (χ2n) is 7.31. The Morgan fingerprint density at radius 2 is 1.70 bits per heavy atom. The molecule has 0 spiro atoms. The summed E-state index contributed by atoms with van der Waals surface area (Å²) >= 11 is 11.8. The van der Waals surface area contributed by atoms with Crippen LogP contribution in [0.3, 0.4) is 0 Å². The minimum atomic E-state index is -3.81. The Morgan fingerprint density at radius 3 is 2.33 bits per heavy atom. The van der Waals surface area contributed by atoms with Crippen LogP contribution >= 0.6 is 23.2 Å². The molecule has 162 valence electrons. The zero-order valence-corrected chi connectivity index (χ0v) is 18.9. The number of amides is 1. The van der Waals surface area contributed by atoms with Crippen LogP contribution in [-0.4, -0.2) is 26.5 Å². The second-order valence-corrected chi connectivity index (χ2v) is 9.81. The Bertz CT molecular complexity index is 991. The lowest BCUT2D eigenvalue weighted by Gasteiger charge is -2.24. The van der Waals surface area contributed by atoms with Crippen LogP contribution in [0, 0.1) is 0 Å². The van der Waals surface area contributed by atoms with Crippen LogP contribution in [-0.2, 0) is 14.8 Å². The van der Waals surface area contributed by atoms with Gasteiger partial charge in [0.15, 0.2) is 6.10 Å². The summed E-state index contributed by atoms with van der Waals surface area (Å²) < 4.78 is 33.3. The summed E-state index contributed by atoms with van der Waals surface area (Å²) in [4.78, 5) is 12.4. The van der Waals surface area contributed by atoms with Gasteiger partial charge in [-0.3, -0.25) is 9.52 Å². The van der Waals surface area contributed by atoms with E-state index in [9.17, 15) is 13.2 Å². The Hall–Kier alpha value is -1.96. The number of benzene rings is 2. The molecule has 9 heteroatoms. The molecule has 6 nitrogen and oxygen atoms in total. The largest absolute Gasteiger partial charge is 0.481 e. The van der Waals surface area contributed by atoms with Crippen LogP contribution in [0.1, 0.15) is 39.0 Å². The lowest BCUT2D eigenvalue weighted by Crippen LogP contribution is -2.43. The molecular formula is C21H24Cl2N2O4S. The molecule has 0 unspecified atom stereocenters. The fourth-order valence-electron chi connectivity index (χ4n) is 3.29. The number of nitrogens with one attached hydrogen (secondary N) is 2. The first-order valence-electron chi connectivity index (χ1n) is 9.79. The molecule has 2 aromatic carbocycles. The summed E-state index contributed by atoms with van der Waals surface area (Å²) in [5.41, 5.74) is 0.303. The molecule has 0 aliphatic heterocycles. The van der Waals surface area contributed by atoms with Gasteiger partial charge in [0.1, 0.15) is 5.75 Å². The second kappa shape index (κ2) is 9.90. The minimum Gasteiger partial charge on any atom is -0.481 e. The first-order valence-corrected chi connectivity index (χ1v) is 12.0. The standard InChI is InChI=1S/C21H24Cl2N2O4S/c1-14(21(26)24-15-5-3-2-4-6-15)29-17-8-10-18(11-9-17)30(27,28)25-16-7-12-19(22)20(23)13-16/h7-15,25H,2-6H2,1H3,(H,24,26)/t14-/m1/s1. The molecular weight excluding hydrogens is 447 g/mol. The molecule has 0 aromatic heterocycles. The van der Waals surface area contributed by atoms with Gasteiger partial charge < -0.3 is 10.1 Å². The van der Waals surface area contributed by atoms with Crippen LogP contribution in [0.15, 0.2) is 47.4 Å². The summed E-state index contributed by atoms with van der Waals surface area (Å²) in [5.74, 6) is 0.245. The maximum atomic E-state index is 12.6. The number of rotatable bonds is 7. The first kappa shape index (κ1) is 22.7. The quantitative estimate of drug-likeness (QED) is 0.595. The van der Waals surface area contributed by atoms with E-state index in [2.05, 4.69) is 10.0 Å². The fourth-order valence-corrected chi connectivity index (χ4v) is 4.64. The maximum absolute atomic E-state index is 12.6. The molecule has 1 atom stereocenters. The topological polar surface area (TPSA) is 84.5 Å². The third-order valence-electron chi connectivity index (χ3n) is 4.94. The molecule has 0 saturated heterocycles. The van der Waals surface area contributed by atoms with E-state index in [1.54, 1.807) is 6.92 Å². The number of hydrogen-bond acceptors (Lipinski definition) is 4. The normalized spacial score (nSPS) is 16.0. The first-order chi connectivity index (χ1) is 14.2. The Balaban J connectivity index is 1.60. The van der Waals surface area contributed by atoms with Crippen molar-refractivity contribution < 1.29 is 17.9 Å². The van der Waals surface area contributed by atoms with E-state index in [4.69, 9.17) is 27.9 Å². The van der Waals surface area contributed by atoms with Crippen LogP contribution in [0.5, 0.6) is 5.75 Å². The highest BCUT2D eigenvalue weighted by Gasteiger charge is 2.21. The van der Waals surface area contributed by atoms with E-state index >= 15 is 0 Å². The van der Waals surface area contributed by atoms with Crippen molar-refractivity contribution in [2.75, 3.05) is 4.72 Å². The lowest BCUT2D eigenvalue weighted by molar-refractivity contribution is -0.128. The molecule has 0 heterocycles. The highest BCUT2D eigenvalue weighted by Crippen LogP contribution is 2.27. The van der Waals surface area contributed by atoms with Crippen LogP contribution in [0.25, 0.3) is 0 Å². The molecule has 1 aliphatic carbocycles. The number of hydrogen-bond donors (Lipinski definition) is 2. The maximum Gasteiger partial charge on any atom is 0.261 e. The predicted molar refractivity (Wildman–Crippen MR) is 119 cm³/mol. The molecule has 0 bridgehead atoms. The summed E-state index contributed by atoms with van der Waals surface area (Å²) in [6, 6.07) is 10.6. The zero-order valence-electron chi connectivity index (χ0n) is 16.5. The van der Waals surface area contributed by atoms with Crippen molar-refractivity contribution >= 4 is 44.8 Å². The van der Waals surface area contributed by atoms with Crippen molar-refractivity contribution in [2.24, 2.45) is 0 Å². The molecule has 3 rings (SSSR count). The highest BCUT2D eigenvalue weighted by atomic mass is 35.5. The van der Waals surface area contributed by atoms with Crippen LogP contribution in [0.2, 0.25) is 10.0 Å². The van der Waals surface area contributed by atoms with Gasteiger partial charge in [0, 0.05) is 6.04 Å². The number of carbonyl (C=O) groups is 1. The molecule has 1 aliphatic rings. The number of carbonyl (C=O) groups excluding carboxylic acids is 1. The Kier molecular flexibility index (Phi) is 7.50. The lowest BCUT2D eigenvalue weighted by atomic mass is 9.95. The Labute approximate surface area is 187 Å². The summed E-state index contributed by atoms with van der Waals surface area (Å²) in [6.45, 7) is 1.68.